The van der Waals surface area contributed by atoms with Crippen molar-refractivity contribution < 1.29 is 4.79 Å². The lowest BCUT2D eigenvalue weighted by molar-refractivity contribution is -0.117. The Morgan fingerprint density at radius 3 is 2.52 bits per heavy atom. The van der Waals surface area contributed by atoms with Gasteiger partial charge in [0.15, 0.2) is 0 Å². The van der Waals surface area contributed by atoms with Gasteiger partial charge in [-0.3, -0.25) is 19.1 Å². The van der Waals surface area contributed by atoms with Crippen molar-refractivity contribution >= 4 is 27.3 Å². The number of aromatic amines is 1. The van der Waals surface area contributed by atoms with Gasteiger partial charge in [0.1, 0.15) is 10.6 Å². The summed E-state index contributed by atoms with van der Waals surface area (Å²) in [6.07, 6.45) is 0.163. The number of Topliss-reactive ketones (excluding diaryl/α,β-unsaturated/α-hetero) is 1. The number of benzene rings is 1. The summed E-state index contributed by atoms with van der Waals surface area (Å²) in [7, 11) is 0. The van der Waals surface area contributed by atoms with E-state index in [-0.39, 0.29) is 24.3 Å². The monoisotopic (exact) mass is 356 g/mol. The zero-order valence-corrected chi connectivity index (χ0v) is 15.5. The molecule has 0 saturated heterocycles. The third-order valence-corrected chi connectivity index (χ3v) is 5.51. The zero-order valence-electron chi connectivity index (χ0n) is 14.7. The van der Waals surface area contributed by atoms with Gasteiger partial charge >= 0.3 is 5.69 Å². The molecule has 0 amide bonds. The molecule has 25 heavy (non-hydrogen) atoms. The minimum atomic E-state index is -0.466. The summed E-state index contributed by atoms with van der Waals surface area (Å²) >= 11 is 1.41. The maximum atomic E-state index is 13.0. The normalized spacial score (nSPS) is 11.2. The van der Waals surface area contributed by atoms with Gasteiger partial charge in [0.25, 0.3) is 5.56 Å². The number of hydrogen-bond donors (Lipinski definition) is 1. The van der Waals surface area contributed by atoms with Gasteiger partial charge in [-0.2, -0.15) is 0 Å². The van der Waals surface area contributed by atoms with Crippen LogP contribution < -0.4 is 11.2 Å². The second-order valence-corrected chi connectivity index (χ2v) is 7.60. The van der Waals surface area contributed by atoms with Gasteiger partial charge in [0.05, 0.1) is 5.39 Å². The fourth-order valence-electron chi connectivity index (χ4n) is 2.95. The molecule has 0 aliphatic heterocycles. The predicted molar refractivity (Wildman–Crippen MR) is 102 cm³/mol. The maximum absolute atomic E-state index is 13.0. The first-order chi connectivity index (χ1) is 11.8. The van der Waals surface area contributed by atoms with Crippen LogP contribution in [-0.4, -0.2) is 15.3 Å². The molecule has 1 N–H and O–H groups in total. The van der Waals surface area contributed by atoms with Crippen LogP contribution >= 0.6 is 11.3 Å². The highest BCUT2D eigenvalue weighted by Crippen LogP contribution is 2.35. The van der Waals surface area contributed by atoms with Crippen LogP contribution in [0.15, 0.2) is 27.8 Å². The topological polar surface area (TPSA) is 71.9 Å². The Morgan fingerprint density at radius 1 is 1.16 bits per heavy atom. The molecule has 1 aromatic carbocycles. The number of carbonyl (C=O) groups is 1. The molecule has 2 heterocycles. The second-order valence-electron chi connectivity index (χ2n) is 6.38. The maximum Gasteiger partial charge on any atom is 0.329 e. The molecule has 0 unspecified atom stereocenters. The van der Waals surface area contributed by atoms with Crippen LogP contribution in [0.4, 0.5) is 0 Å². The molecule has 130 valence electrons. The summed E-state index contributed by atoms with van der Waals surface area (Å²) < 4.78 is 1.13. The Morgan fingerprint density at radius 2 is 1.88 bits per heavy atom. The summed E-state index contributed by atoms with van der Waals surface area (Å²) in [5, 5.41) is 0.522. The summed E-state index contributed by atoms with van der Waals surface area (Å²) in [4.78, 5) is 40.8. The average Bonchev–Trinajstić information content (AvgIpc) is 2.85. The molecule has 0 aliphatic carbocycles. The number of thiophene rings is 1. The van der Waals surface area contributed by atoms with E-state index in [2.05, 4.69) is 11.1 Å². The van der Waals surface area contributed by atoms with E-state index in [0.29, 0.717) is 10.2 Å². The quantitative estimate of drug-likeness (QED) is 0.779. The van der Waals surface area contributed by atoms with E-state index in [1.165, 1.54) is 23.8 Å². The van der Waals surface area contributed by atoms with Gasteiger partial charge in [0, 0.05) is 23.4 Å². The Hall–Kier alpha value is -2.47. The Kier molecular flexibility index (Phi) is 4.47. The number of rotatable bonds is 4. The van der Waals surface area contributed by atoms with Crippen LogP contribution in [-0.2, 0) is 11.3 Å². The van der Waals surface area contributed by atoms with Crippen molar-refractivity contribution in [3.63, 3.8) is 0 Å². The molecule has 0 bridgehead atoms. The van der Waals surface area contributed by atoms with Crippen molar-refractivity contribution in [3.05, 3.63) is 55.0 Å². The molecular weight excluding hydrogens is 336 g/mol. The first kappa shape index (κ1) is 17.4. The number of nitrogens with one attached hydrogen (secondary N) is 1. The number of H-pyrrole nitrogens is 1. The van der Waals surface area contributed by atoms with E-state index in [4.69, 9.17) is 0 Å². The van der Waals surface area contributed by atoms with Crippen molar-refractivity contribution in [3.8, 4) is 11.1 Å². The summed E-state index contributed by atoms with van der Waals surface area (Å²) in [6.45, 7) is 7.58. The highest BCUT2D eigenvalue weighted by atomic mass is 32.1. The molecule has 3 aromatic rings. The first-order valence-corrected chi connectivity index (χ1v) is 8.94. The van der Waals surface area contributed by atoms with Gasteiger partial charge in [-0.15, -0.1) is 11.3 Å². The van der Waals surface area contributed by atoms with Gasteiger partial charge in [-0.1, -0.05) is 18.2 Å². The van der Waals surface area contributed by atoms with Gasteiger partial charge in [0.2, 0.25) is 0 Å². The SMILES string of the molecule is CC(=O)CCn1c(=O)[nH]c2sc(C)c(-c3ccc(C)c(C)c3)c2c1=O. The van der Waals surface area contributed by atoms with Crippen molar-refractivity contribution in [1.29, 1.82) is 0 Å². The van der Waals surface area contributed by atoms with Crippen molar-refractivity contribution in [2.75, 3.05) is 0 Å². The van der Waals surface area contributed by atoms with Crippen LogP contribution in [0.25, 0.3) is 21.3 Å². The minimum Gasteiger partial charge on any atom is -0.300 e. The third kappa shape index (κ3) is 3.09. The van der Waals surface area contributed by atoms with E-state index in [9.17, 15) is 14.4 Å². The summed E-state index contributed by atoms with van der Waals surface area (Å²) in [5.74, 6) is -0.0534. The fourth-order valence-corrected chi connectivity index (χ4v) is 4.00. The first-order valence-electron chi connectivity index (χ1n) is 8.13. The van der Waals surface area contributed by atoms with Crippen LogP contribution in [0.2, 0.25) is 0 Å². The highest BCUT2D eigenvalue weighted by molar-refractivity contribution is 7.19. The Labute approximate surface area is 148 Å². The molecule has 0 radical (unpaired) electrons. The average molecular weight is 356 g/mol. The van der Waals surface area contributed by atoms with E-state index < -0.39 is 5.69 Å². The van der Waals surface area contributed by atoms with E-state index in [1.807, 2.05) is 32.9 Å². The third-order valence-electron chi connectivity index (χ3n) is 4.49. The molecule has 0 spiro atoms. The van der Waals surface area contributed by atoms with Crippen LogP contribution in [0.5, 0.6) is 0 Å². The number of carbonyl (C=O) groups excluding carboxylic acids is 1. The van der Waals surface area contributed by atoms with Crippen molar-refractivity contribution in [2.24, 2.45) is 0 Å². The number of fused-ring (bicyclic) bond motifs is 1. The summed E-state index contributed by atoms with van der Waals surface area (Å²) in [5.41, 5.74) is 3.37. The van der Waals surface area contributed by atoms with Crippen LogP contribution in [0, 0.1) is 20.8 Å². The fraction of sp³-hybridized carbons (Fsp3) is 0.316. The number of nitrogens with zero attached hydrogens (tertiary/aromatic N) is 1. The molecule has 0 saturated carbocycles. The molecule has 0 aliphatic rings. The van der Waals surface area contributed by atoms with Gasteiger partial charge in [-0.05, 0) is 44.4 Å². The highest BCUT2D eigenvalue weighted by Gasteiger charge is 2.18. The van der Waals surface area contributed by atoms with E-state index in [0.717, 1.165) is 26.1 Å². The molecule has 6 heteroatoms. The predicted octanol–water partition coefficient (Wildman–Crippen LogP) is 3.32. The van der Waals surface area contributed by atoms with Crippen molar-refractivity contribution in [1.82, 2.24) is 9.55 Å². The van der Waals surface area contributed by atoms with E-state index in [1.54, 1.807) is 0 Å². The largest absolute Gasteiger partial charge is 0.329 e. The number of aryl methyl sites for hydroxylation is 3. The van der Waals surface area contributed by atoms with Crippen LogP contribution in [0.1, 0.15) is 29.3 Å². The molecule has 5 nitrogen and oxygen atoms in total. The lowest BCUT2D eigenvalue weighted by atomic mass is 9.99. The lowest BCUT2D eigenvalue weighted by Gasteiger charge is -2.07. The molecule has 2 aromatic heterocycles. The lowest BCUT2D eigenvalue weighted by Crippen LogP contribution is -2.35. The van der Waals surface area contributed by atoms with Crippen LogP contribution in [0.3, 0.4) is 0 Å². The standard InChI is InChI=1S/C19H20N2O3S/c1-10-5-6-14(9-11(10)2)15-13(4)25-17-16(15)18(23)21(19(24)20-17)8-7-12(3)22/h5-6,9H,7-8H2,1-4H3,(H,20,24). The number of hydrogen-bond acceptors (Lipinski definition) is 4. The molecule has 0 fully saturated rings. The van der Waals surface area contributed by atoms with E-state index >= 15 is 0 Å². The Balaban J connectivity index is 2.29. The van der Waals surface area contributed by atoms with Crippen molar-refractivity contribution in [2.45, 2.75) is 40.7 Å². The number of aromatic nitrogens is 2. The summed E-state index contributed by atoms with van der Waals surface area (Å²) in [6, 6.07) is 6.10. The van der Waals surface area contributed by atoms with Gasteiger partial charge < -0.3 is 0 Å². The molecule has 0 atom stereocenters. The molecule has 3 rings (SSSR count). The minimum absolute atomic E-state index is 0.0534. The second kappa shape index (κ2) is 6.44. The molecular formula is C19H20N2O3S. The Bertz CT molecular complexity index is 1100. The van der Waals surface area contributed by atoms with Gasteiger partial charge in [-0.25, -0.2) is 4.79 Å². The zero-order chi connectivity index (χ0) is 18.3. The smallest absolute Gasteiger partial charge is 0.300 e. The number of ketones is 1.